The minimum absolute atomic E-state index is 0.0674. The van der Waals surface area contributed by atoms with Crippen LogP contribution in [0.2, 0.25) is 0 Å². The molecule has 1 fully saturated rings. The molecule has 6 nitrogen and oxygen atoms in total. The minimum atomic E-state index is 0.0674. The summed E-state index contributed by atoms with van der Waals surface area (Å²) in [6.45, 7) is 4.90. The van der Waals surface area contributed by atoms with Gasteiger partial charge in [-0.15, -0.1) is 0 Å². The van der Waals surface area contributed by atoms with Crippen LogP contribution < -0.4 is 5.56 Å². The zero-order chi connectivity index (χ0) is 23.5. The first kappa shape index (κ1) is 22.5. The van der Waals surface area contributed by atoms with Crippen molar-refractivity contribution in [1.29, 1.82) is 0 Å². The molecule has 0 radical (unpaired) electrons. The van der Waals surface area contributed by atoms with Crippen LogP contribution in [0.15, 0.2) is 65.7 Å². The summed E-state index contributed by atoms with van der Waals surface area (Å²) in [5, 5.41) is 4.56. The Morgan fingerprint density at radius 1 is 1.06 bits per heavy atom. The number of hydrogen-bond donors (Lipinski definition) is 0. The summed E-state index contributed by atoms with van der Waals surface area (Å²) in [4.78, 5) is 18.5. The van der Waals surface area contributed by atoms with Crippen LogP contribution in [-0.2, 0) is 17.6 Å². The Balaban J connectivity index is 1.57. The maximum absolute atomic E-state index is 14.0. The second kappa shape index (κ2) is 9.94. The lowest BCUT2D eigenvalue weighted by atomic mass is 9.98. The van der Waals surface area contributed by atoms with Gasteiger partial charge in [0.15, 0.2) is 0 Å². The lowest BCUT2D eigenvalue weighted by molar-refractivity contribution is 0.00578. The number of fused-ring (bicyclic) bond motifs is 1. The van der Waals surface area contributed by atoms with Gasteiger partial charge in [0.05, 0.1) is 11.8 Å². The Morgan fingerprint density at radius 2 is 1.82 bits per heavy atom. The van der Waals surface area contributed by atoms with Gasteiger partial charge in [-0.2, -0.15) is 10.1 Å². The average molecular weight is 457 g/mol. The lowest BCUT2D eigenvalue weighted by Gasteiger charge is -2.29. The highest BCUT2D eigenvalue weighted by Crippen LogP contribution is 2.27. The van der Waals surface area contributed by atoms with Crippen molar-refractivity contribution >= 4 is 5.78 Å². The maximum Gasteiger partial charge on any atom is 0.259 e. The molecule has 4 aromatic rings. The summed E-state index contributed by atoms with van der Waals surface area (Å²) in [5.74, 6) is 0.651. The van der Waals surface area contributed by atoms with E-state index in [1.54, 1.807) is 6.33 Å². The van der Waals surface area contributed by atoms with E-state index < -0.39 is 0 Å². The molecule has 0 aliphatic carbocycles. The summed E-state index contributed by atoms with van der Waals surface area (Å²) in [6.07, 6.45) is 6.78. The Hall–Kier alpha value is -3.25. The molecule has 0 spiro atoms. The van der Waals surface area contributed by atoms with Crippen molar-refractivity contribution in [2.75, 3.05) is 6.61 Å². The average Bonchev–Trinajstić information content (AvgIpc) is 3.34. The number of unbranched alkanes of at least 4 members (excludes halogenated alkanes) is 1. The molecule has 1 aliphatic rings. The van der Waals surface area contributed by atoms with Gasteiger partial charge in [0, 0.05) is 24.6 Å². The molecular formula is C28H32N4O2. The predicted molar refractivity (Wildman–Crippen MR) is 134 cm³/mol. The SMILES string of the molecule is CCCCc1c(Cc2ccc(-c3ccccc3)cc2)c(=O)n(C2CCOC(C)C2)c2ncnn12. The molecule has 2 aromatic carbocycles. The molecule has 2 unspecified atom stereocenters. The standard InChI is InChI=1S/C28H32N4O2/c1-3-4-10-26-25(18-21-11-13-23(14-12-21)22-8-6-5-7-9-22)27(33)31(28-29-19-30-32(26)28)24-15-16-34-20(2)17-24/h5-9,11-14,19-20,24H,3-4,10,15-18H2,1-2H3. The topological polar surface area (TPSA) is 61.4 Å². The molecule has 1 saturated heterocycles. The monoisotopic (exact) mass is 456 g/mol. The smallest absolute Gasteiger partial charge is 0.259 e. The van der Waals surface area contributed by atoms with E-state index in [9.17, 15) is 4.79 Å². The Kier molecular flexibility index (Phi) is 6.59. The van der Waals surface area contributed by atoms with Crippen molar-refractivity contribution in [3.63, 3.8) is 0 Å². The molecule has 176 valence electrons. The van der Waals surface area contributed by atoms with Crippen molar-refractivity contribution < 1.29 is 4.74 Å². The van der Waals surface area contributed by atoms with Crippen molar-refractivity contribution in [2.24, 2.45) is 0 Å². The Bertz CT molecular complexity index is 1310. The fraction of sp³-hybridized carbons (Fsp3) is 0.393. The van der Waals surface area contributed by atoms with Crippen LogP contribution in [-0.4, -0.2) is 31.9 Å². The van der Waals surface area contributed by atoms with Gasteiger partial charge < -0.3 is 4.74 Å². The largest absolute Gasteiger partial charge is 0.378 e. The van der Waals surface area contributed by atoms with Gasteiger partial charge in [-0.3, -0.25) is 9.36 Å². The van der Waals surface area contributed by atoms with E-state index in [1.807, 2.05) is 15.1 Å². The van der Waals surface area contributed by atoms with E-state index in [4.69, 9.17) is 4.74 Å². The maximum atomic E-state index is 14.0. The Morgan fingerprint density at radius 3 is 2.56 bits per heavy atom. The van der Waals surface area contributed by atoms with Crippen molar-refractivity contribution in [3.05, 3.63) is 88.1 Å². The number of benzene rings is 2. The van der Waals surface area contributed by atoms with Crippen molar-refractivity contribution in [2.45, 2.75) is 64.5 Å². The second-order valence-electron chi connectivity index (χ2n) is 9.28. The van der Waals surface area contributed by atoms with Gasteiger partial charge in [-0.25, -0.2) is 4.52 Å². The van der Waals surface area contributed by atoms with Crippen LogP contribution in [0.25, 0.3) is 16.9 Å². The van der Waals surface area contributed by atoms with Crippen LogP contribution in [0.1, 0.15) is 62.4 Å². The lowest BCUT2D eigenvalue weighted by Crippen LogP contribution is -2.36. The first-order valence-electron chi connectivity index (χ1n) is 12.4. The van der Waals surface area contributed by atoms with Crippen LogP contribution in [0.4, 0.5) is 0 Å². The predicted octanol–water partition coefficient (Wildman–Crippen LogP) is 5.23. The van der Waals surface area contributed by atoms with Gasteiger partial charge >= 0.3 is 0 Å². The molecule has 0 saturated carbocycles. The number of aromatic nitrogens is 4. The quantitative estimate of drug-likeness (QED) is 0.382. The first-order chi connectivity index (χ1) is 16.7. The van der Waals surface area contributed by atoms with Gasteiger partial charge in [0.1, 0.15) is 6.33 Å². The third-order valence-electron chi connectivity index (χ3n) is 6.86. The molecular weight excluding hydrogens is 424 g/mol. The molecule has 34 heavy (non-hydrogen) atoms. The number of rotatable bonds is 7. The van der Waals surface area contributed by atoms with Gasteiger partial charge in [0.2, 0.25) is 5.78 Å². The van der Waals surface area contributed by atoms with Crippen LogP contribution in [0.5, 0.6) is 0 Å². The van der Waals surface area contributed by atoms with Crippen LogP contribution >= 0.6 is 0 Å². The van der Waals surface area contributed by atoms with Gasteiger partial charge in [-0.1, -0.05) is 67.9 Å². The molecule has 3 heterocycles. The molecule has 0 amide bonds. The zero-order valence-electron chi connectivity index (χ0n) is 20.0. The highest BCUT2D eigenvalue weighted by atomic mass is 16.5. The fourth-order valence-electron chi connectivity index (χ4n) is 5.04. The van der Waals surface area contributed by atoms with E-state index in [-0.39, 0.29) is 17.7 Å². The highest BCUT2D eigenvalue weighted by molar-refractivity contribution is 5.63. The van der Waals surface area contributed by atoms with E-state index in [1.165, 1.54) is 11.1 Å². The van der Waals surface area contributed by atoms with E-state index in [0.29, 0.717) is 18.8 Å². The molecule has 0 bridgehead atoms. The summed E-state index contributed by atoms with van der Waals surface area (Å²) >= 11 is 0. The summed E-state index contributed by atoms with van der Waals surface area (Å²) in [7, 11) is 0. The number of aryl methyl sites for hydroxylation is 1. The number of ether oxygens (including phenoxy) is 1. The van der Waals surface area contributed by atoms with Gasteiger partial charge in [-0.05, 0) is 49.3 Å². The minimum Gasteiger partial charge on any atom is -0.378 e. The van der Waals surface area contributed by atoms with Gasteiger partial charge in [0.25, 0.3) is 5.56 Å². The fourth-order valence-corrected chi connectivity index (χ4v) is 5.04. The third-order valence-corrected chi connectivity index (χ3v) is 6.86. The zero-order valence-corrected chi connectivity index (χ0v) is 20.0. The van der Waals surface area contributed by atoms with Crippen LogP contribution in [0.3, 0.4) is 0 Å². The Labute approximate surface area is 200 Å². The molecule has 0 N–H and O–H groups in total. The third kappa shape index (κ3) is 4.42. The molecule has 2 aromatic heterocycles. The normalized spacial score (nSPS) is 18.4. The number of hydrogen-bond acceptors (Lipinski definition) is 4. The molecule has 1 aliphatic heterocycles. The molecule has 5 rings (SSSR count). The molecule has 6 heteroatoms. The summed E-state index contributed by atoms with van der Waals surface area (Å²) < 4.78 is 9.55. The van der Waals surface area contributed by atoms with E-state index in [0.717, 1.165) is 48.9 Å². The van der Waals surface area contributed by atoms with E-state index in [2.05, 4.69) is 72.5 Å². The molecule has 2 atom stereocenters. The van der Waals surface area contributed by atoms with Crippen molar-refractivity contribution in [1.82, 2.24) is 19.2 Å². The van der Waals surface area contributed by atoms with Crippen molar-refractivity contribution in [3.8, 4) is 11.1 Å². The van der Waals surface area contributed by atoms with Crippen LogP contribution in [0, 0.1) is 0 Å². The summed E-state index contributed by atoms with van der Waals surface area (Å²) in [5.41, 5.74) is 5.38. The highest BCUT2D eigenvalue weighted by Gasteiger charge is 2.27. The second-order valence-corrected chi connectivity index (χ2v) is 9.28. The first-order valence-corrected chi connectivity index (χ1v) is 12.4. The summed E-state index contributed by atoms with van der Waals surface area (Å²) in [6, 6.07) is 19.0. The van der Waals surface area contributed by atoms with E-state index >= 15 is 0 Å². The number of nitrogens with zero attached hydrogens (tertiary/aromatic N) is 4.